The van der Waals surface area contributed by atoms with Gasteiger partial charge in [-0.2, -0.15) is 0 Å². The zero-order valence-electron chi connectivity index (χ0n) is 10.0. The summed E-state index contributed by atoms with van der Waals surface area (Å²) in [5.41, 5.74) is 0. The second-order valence-corrected chi connectivity index (χ2v) is 4.34. The highest BCUT2D eigenvalue weighted by molar-refractivity contribution is 5.04. The third-order valence-electron chi connectivity index (χ3n) is 2.94. The molecule has 0 saturated carbocycles. The van der Waals surface area contributed by atoms with Gasteiger partial charge < -0.3 is 14.5 Å². The monoisotopic (exact) mass is 224 g/mol. The van der Waals surface area contributed by atoms with Crippen LogP contribution in [0.2, 0.25) is 0 Å². The van der Waals surface area contributed by atoms with E-state index in [4.69, 9.17) is 9.15 Å². The first kappa shape index (κ1) is 11.6. The van der Waals surface area contributed by atoms with Crippen molar-refractivity contribution in [1.82, 2.24) is 10.3 Å². The molecule has 0 aliphatic carbocycles. The summed E-state index contributed by atoms with van der Waals surface area (Å²) in [5.74, 6) is 2.21. The SMILES string of the molecule is CCNCCc1ncc(C2COC(C)C2)o1. The van der Waals surface area contributed by atoms with Crippen LogP contribution in [0.5, 0.6) is 0 Å². The molecule has 1 N–H and O–H groups in total. The molecule has 90 valence electrons. The molecule has 16 heavy (non-hydrogen) atoms. The first-order valence-electron chi connectivity index (χ1n) is 6.06. The van der Waals surface area contributed by atoms with E-state index in [0.29, 0.717) is 12.0 Å². The number of aromatic nitrogens is 1. The highest BCUT2D eigenvalue weighted by Crippen LogP contribution is 2.29. The molecule has 1 saturated heterocycles. The Balaban J connectivity index is 1.87. The maximum Gasteiger partial charge on any atom is 0.195 e. The van der Waals surface area contributed by atoms with Crippen LogP contribution >= 0.6 is 0 Å². The number of rotatable bonds is 5. The molecule has 0 amide bonds. The maximum atomic E-state index is 5.73. The minimum Gasteiger partial charge on any atom is -0.445 e. The van der Waals surface area contributed by atoms with Crippen LogP contribution in [0.4, 0.5) is 0 Å². The Labute approximate surface area is 96.4 Å². The Morgan fingerprint density at radius 3 is 3.12 bits per heavy atom. The summed E-state index contributed by atoms with van der Waals surface area (Å²) >= 11 is 0. The second kappa shape index (κ2) is 5.46. The van der Waals surface area contributed by atoms with Gasteiger partial charge in [0.15, 0.2) is 5.89 Å². The van der Waals surface area contributed by atoms with Crippen molar-refractivity contribution in [2.45, 2.75) is 38.7 Å². The second-order valence-electron chi connectivity index (χ2n) is 4.34. The molecule has 2 rings (SSSR count). The van der Waals surface area contributed by atoms with Crippen LogP contribution in [0.15, 0.2) is 10.6 Å². The van der Waals surface area contributed by atoms with E-state index in [2.05, 4.69) is 24.1 Å². The minimum absolute atomic E-state index is 0.348. The van der Waals surface area contributed by atoms with Gasteiger partial charge in [-0.3, -0.25) is 0 Å². The van der Waals surface area contributed by atoms with Crippen molar-refractivity contribution < 1.29 is 9.15 Å². The fourth-order valence-electron chi connectivity index (χ4n) is 2.02. The largest absolute Gasteiger partial charge is 0.445 e. The van der Waals surface area contributed by atoms with E-state index < -0.39 is 0 Å². The van der Waals surface area contributed by atoms with Crippen molar-refractivity contribution in [3.05, 3.63) is 17.8 Å². The van der Waals surface area contributed by atoms with Gasteiger partial charge >= 0.3 is 0 Å². The molecule has 1 aromatic rings. The first-order chi connectivity index (χ1) is 7.79. The van der Waals surface area contributed by atoms with Gasteiger partial charge in [-0.15, -0.1) is 0 Å². The third-order valence-corrected chi connectivity index (χ3v) is 2.94. The van der Waals surface area contributed by atoms with E-state index in [9.17, 15) is 0 Å². The highest BCUT2D eigenvalue weighted by atomic mass is 16.5. The number of hydrogen-bond acceptors (Lipinski definition) is 4. The van der Waals surface area contributed by atoms with Crippen LogP contribution in [0.3, 0.4) is 0 Å². The number of nitrogens with zero attached hydrogens (tertiary/aromatic N) is 1. The van der Waals surface area contributed by atoms with E-state index in [-0.39, 0.29) is 0 Å². The standard InChI is InChI=1S/C12H20N2O2/c1-3-13-5-4-12-14-7-11(16-12)10-6-9(2)15-8-10/h7,9-10,13H,3-6,8H2,1-2H3. The number of nitrogens with one attached hydrogen (secondary N) is 1. The summed E-state index contributed by atoms with van der Waals surface area (Å²) in [6.45, 7) is 6.87. The molecule has 2 heterocycles. The Hall–Kier alpha value is -0.870. The predicted molar refractivity (Wildman–Crippen MR) is 61.5 cm³/mol. The average molecular weight is 224 g/mol. The summed E-state index contributed by atoms with van der Waals surface area (Å²) in [6, 6.07) is 0. The van der Waals surface area contributed by atoms with Crippen LogP contribution in [-0.4, -0.2) is 30.8 Å². The van der Waals surface area contributed by atoms with E-state index >= 15 is 0 Å². The number of ether oxygens (including phenoxy) is 1. The Kier molecular flexibility index (Phi) is 3.96. The van der Waals surface area contributed by atoms with Crippen molar-refractivity contribution in [1.29, 1.82) is 0 Å². The zero-order valence-corrected chi connectivity index (χ0v) is 10.0. The normalized spacial score (nSPS) is 25.1. The lowest BCUT2D eigenvalue weighted by Crippen LogP contribution is -2.16. The molecule has 0 radical (unpaired) electrons. The molecule has 0 aromatic carbocycles. The first-order valence-corrected chi connectivity index (χ1v) is 6.06. The lowest BCUT2D eigenvalue weighted by Gasteiger charge is -2.01. The van der Waals surface area contributed by atoms with Gasteiger partial charge in [0.2, 0.25) is 0 Å². The van der Waals surface area contributed by atoms with Crippen molar-refractivity contribution >= 4 is 0 Å². The molecule has 1 fully saturated rings. The van der Waals surface area contributed by atoms with Crippen molar-refractivity contribution in [2.75, 3.05) is 19.7 Å². The van der Waals surface area contributed by atoms with E-state index in [0.717, 1.165) is 44.2 Å². The van der Waals surface area contributed by atoms with Crippen LogP contribution in [0.1, 0.15) is 37.8 Å². The Morgan fingerprint density at radius 1 is 1.56 bits per heavy atom. The number of likely N-dealkylation sites (N-methyl/N-ethyl adjacent to an activating group) is 1. The zero-order chi connectivity index (χ0) is 11.4. The van der Waals surface area contributed by atoms with Crippen LogP contribution in [0.25, 0.3) is 0 Å². The molecule has 2 unspecified atom stereocenters. The predicted octanol–water partition coefficient (Wildman–Crippen LogP) is 1.72. The molecular formula is C12H20N2O2. The van der Waals surface area contributed by atoms with Gasteiger partial charge in [0, 0.05) is 18.9 Å². The molecule has 1 aromatic heterocycles. The molecule has 4 nitrogen and oxygen atoms in total. The topological polar surface area (TPSA) is 47.3 Å². The number of oxazole rings is 1. The van der Waals surface area contributed by atoms with Gasteiger partial charge in [-0.25, -0.2) is 4.98 Å². The van der Waals surface area contributed by atoms with Crippen molar-refractivity contribution in [3.63, 3.8) is 0 Å². The van der Waals surface area contributed by atoms with Crippen LogP contribution in [0, 0.1) is 0 Å². The maximum absolute atomic E-state index is 5.73. The summed E-state index contributed by atoms with van der Waals surface area (Å²) < 4.78 is 11.3. The molecule has 1 aliphatic heterocycles. The average Bonchev–Trinajstić information content (AvgIpc) is 2.87. The summed E-state index contributed by atoms with van der Waals surface area (Å²) in [5, 5.41) is 3.26. The molecular weight excluding hydrogens is 204 g/mol. The number of hydrogen-bond donors (Lipinski definition) is 1. The molecule has 0 spiro atoms. The van der Waals surface area contributed by atoms with Gasteiger partial charge in [0.05, 0.1) is 18.9 Å². The molecule has 2 atom stereocenters. The molecule has 1 aliphatic rings. The lowest BCUT2D eigenvalue weighted by molar-refractivity contribution is 0.122. The van der Waals surface area contributed by atoms with Gasteiger partial charge in [0.25, 0.3) is 0 Å². The summed E-state index contributed by atoms with van der Waals surface area (Å²) in [6.07, 6.45) is 4.10. The third kappa shape index (κ3) is 2.83. The van der Waals surface area contributed by atoms with Gasteiger partial charge in [-0.05, 0) is 19.9 Å². The smallest absolute Gasteiger partial charge is 0.195 e. The fraction of sp³-hybridized carbons (Fsp3) is 0.750. The lowest BCUT2D eigenvalue weighted by atomic mass is 10.0. The quantitative estimate of drug-likeness (QED) is 0.774. The van der Waals surface area contributed by atoms with E-state index in [1.807, 2.05) is 6.20 Å². The highest BCUT2D eigenvalue weighted by Gasteiger charge is 2.26. The minimum atomic E-state index is 0.348. The Morgan fingerprint density at radius 2 is 2.44 bits per heavy atom. The van der Waals surface area contributed by atoms with Crippen molar-refractivity contribution in [3.8, 4) is 0 Å². The summed E-state index contributed by atoms with van der Waals surface area (Å²) in [7, 11) is 0. The molecule has 4 heteroatoms. The van der Waals surface area contributed by atoms with Gasteiger partial charge in [-0.1, -0.05) is 6.92 Å². The van der Waals surface area contributed by atoms with Crippen molar-refractivity contribution in [2.24, 2.45) is 0 Å². The Bertz CT molecular complexity index is 325. The fourth-order valence-corrected chi connectivity index (χ4v) is 2.02. The molecule has 0 bridgehead atoms. The summed E-state index contributed by atoms with van der Waals surface area (Å²) in [4.78, 5) is 4.30. The van der Waals surface area contributed by atoms with Crippen LogP contribution < -0.4 is 5.32 Å². The van der Waals surface area contributed by atoms with Crippen LogP contribution in [-0.2, 0) is 11.2 Å². The van der Waals surface area contributed by atoms with E-state index in [1.165, 1.54) is 0 Å². The van der Waals surface area contributed by atoms with E-state index in [1.54, 1.807) is 0 Å². The van der Waals surface area contributed by atoms with Gasteiger partial charge in [0.1, 0.15) is 5.76 Å².